The Kier molecular flexibility index (Phi) is 4.66. The smallest absolute Gasteiger partial charge is 0.244 e. The van der Waals surface area contributed by atoms with Crippen LogP contribution in [0.2, 0.25) is 5.02 Å². The lowest BCUT2D eigenvalue weighted by Gasteiger charge is -2.06. The Morgan fingerprint density at radius 2 is 1.96 bits per heavy atom. The molecule has 3 rings (SSSR count). The minimum Gasteiger partial charge on any atom is -0.507 e. The zero-order valence-corrected chi connectivity index (χ0v) is 14.6. The van der Waals surface area contributed by atoms with Crippen molar-refractivity contribution in [2.75, 3.05) is 0 Å². The molecular weight excluding hydrogens is 388 g/mol. The highest BCUT2D eigenvalue weighted by molar-refractivity contribution is 7.91. The van der Waals surface area contributed by atoms with Gasteiger partial charge in [0.15, 0.2) is 0 Å². The van der Waals surface area contributed by atoms with Crippen molar-refractivity contribution in [2.24, 2.45) is 0 Å². The lowest BCUT2D eigenvalue weighted by molar-refractivity contribution is 0.103. The predicted molar refractivity (Wildman–Crippen MR) is 90.3 cm³/mol. The number of sulfone groups is 1. The van der Waals surface area contributed by atoms with Crippen molar-refractivity contribution in [1.82, 2.24) is 20.6 Å². The predicted octanol–water partition coefficient (Wildman–Crippen LogP) is 2.53. The van der Waals surface area contributed by atoms with E-state index in [1.807, 2.05) is 0 Å². The Balaban J connectivity index is 2.00. The molecule has 0 fully saturated rings. The molecule has 0 saturated heterocycles. The number of hydrogen-bond donors (Lipinski definition) is 2. The molecule has 0 radical (unpaired) electrons. The molecule has 1 aromatic carbocycles. The first kappa shape index (κ1) is 17.3. The molecule has 2 heterocycles. The van der Waals surface area contributed by atoms with Gasteiger partial charge in [0.2, 0.25) is 21.4 Å². The number of allylic oxidation sites excluding steroid dienone is 1. The van der Waals surface area contributed by atoms with Gasteiger partial charge in [-0.15, -0.1) is 10.2 Å². The summed E-state index contributed by atoms with van der Waals surface area (Å²) in [4.78, 5) is 11.8. The highest BCUT2D eigenvalue weighted by Crippen LogP contribution is 2.31. The van der Waals surface area contributed by atoms with E-state index in [1.54, 1.807) is 0 Å². The van der Waals surface area contributed by atoms with Crippen LogP contribution in [0.1, 0.15) is 16.2 Å². The third kappa shape index (κ3) is 3.45. The average molecular weight is 397 g/mol. The number of halogens is 1. The first-order valence-corrected chi connectivity index (χ1v) is 9.45. The number of benzene rings is 1. The number of hydrogen-bond acceptors (Lipinski definition) is 8. The number of aliphatic hydroxyl groups excluding tert-OH is 1. The number of H-pyrrole nitrogens is 1. The summed E-state index contributed by atoms with van der Waals surface area (Å²) in [5.74, 6) is -1.47. The maximum absolute atomic E-state index is 12.7. The third-order valence-corrected chi connectivity index (χ3v) is 6.10. The summed E-state index contributed by atoms with van der Waals surface area (Å²) in [5.41, 5.74) is 0.0109. The molecule has 0 aliphatic heterocycles. The van der Waals surface area contributed by atoms with E-state index in [2.05, 4.69) is 20.6 Å². The summed E-state index contributed by atoms with van der Waals surface area (Å²) < 4.78 is 25.5. The van der Waals surface area contributed by atoms with Crippen molar-refractivity contribution in [3.63, 3.8) is 0 Å². The summed E-state index contributed by atoms with van der Waals surface area (Å²) >= 11 is 6.85. The van der Waals surface area contributed by atoms with E-state index >= 15 is 0 Å². The zero-order chi connectivity index (χ0) is 18.0. The first-order chi connectivity index (χ1) is 11.9. The monoisotopic (exact) mass is 396 g/mol. The van der Waals surface area contributed by atoms with Crippen LogP contribution in [0.25, 0.3) is 5.76 Å². The number of thiophene rings is 1. The van der Waals surface area contributed by atoms with E-state index in [0.29, 0.717) is 5.02 Å². The Labute approximate surface area is 150 Å². The van der Waals surface area contributed by atoms with Gasteiger partial charge >= 0.3 is 0 Å². The van der Waals surface area contributed by atoms with Gasteiger partial charge in [0.1, 0.15) is 5.76 Å². The number of aliphatic hydroxyl groups is 1. The highest BCUT2D eigenvalue weighted by Gasteiger charge is 2.24. The number of nitrogens with one attached hydrogen (secondary N) is 1. The van der Waals surface area contributed by atoms with E-state index in [-0.39, 0.29) is 21.2 Å². The molecule has 3 aromatic rings. The largest absolute Gasteiger partial charge is 0.507 e. The lowest BCUT2D eigenvalue weighted by atomic mass is 10.2. The second-order valence-electron chi connectivity index (χ2n) is 4.74. The number of aromatic nitrogens is 4. The minimum absolute atomic E-state index is 0.0109. The lowest BCUT2D eigenvalue weighted by Crippen LogP contribution is -2.04. The van der Waals surface area contributed by atoms with Crippen LogP contribution in [0.15, 0.2) is 50.9 Å². The van der Waals surface area contributed by atoms with E-state index < -0.39 is 21.4 Å². The average Bonchev–Trinajstić information content (AvgIpc) is 3.27. The summed E-state index contributed by atoms with van der Waals surface area (Å²) in [6.45, 7) is 0. The summed E-state index contributed by atoms with van der Waals surface area (Å²) in [5, 5.41) is 25.7. The van der Waals surface area contributed by atoms with E-state index in [1.165, 1.54) is 35.0 Å². The topological polar surface area (TPSA) is 126 Å². The molecular formula is C14H9ClN4O4S2. The van der Waals surface area contributed by atoms with Crippen LogP contribution in [0.5, 0.6) is 0 Å². The van der Waals surface area contributed by atoms with Gasteiger partial charge in [0.05, 0.1) is 9.79 Å². The second-order valence-corrected chi connectivity index (χ2v) is 7.83. The molecule has 128 valence electrons. The standard InChI is InChI=1S/C14H9ClN4O4S2/c15-8-1-3-9(4-2-8)25(22,23)13-7-24-6-10(13)11(20)5-12(21)14-16-18-19-17-14/h1-7,20H,(H,16,17,18,19). The highest BCUT2D eigenvalue weighted by atomic mass is 35.5. The fraction of sp³-hybridized carbons (Fsp3) is 0. The van der Waals surface area contributed by atoms with Crippen LogP contribution in [0.4, 0.5) is 0 Å². The molecule has 0 spiro atoms. The minimum atomic E-state index is -3.89. The third-order valence-electron chi connectivity index (χ3n) is 3.15. The Morgan fingerprint density at radius 1 is 1.24 bits per heavy atom. The van der Waals surface area contributed by atoms with E-state index in [4.69, 9.17) is 11.6 Å². The number of tetrazole rings is 1. The van der Waals surface area contributed by atoms with Gasteiger partial charge in [0.25, 0.3) is 0 Å². The fourth-order valence-corrected chi connectivity index (χ4v) is 4.73. The number of ketones is 1. The van der Waals surface area contributed by atoms with Crippen LogP contribution in [0, 0.1) is 0 Å². The van der Waals surface area contributed by atoms with E-state index in [9.17, 15) is 18.3 Å². The molecule has 25 heavy (non-hydrogen) atoms. The van der Waals surface area contributed by atoms with Crippen molar-refractivity contribution in [2.45, 2.75) is 9.79 Å². The summed E-state index contributed by atoms with van der Waals surface area (Å²) in [7, 11) is -3.89. The Morgan fingerprint density at radius 3 is 2.60 bits per heavy atom. The Bertz CT molecular complexity index is 1040. The van der Waals surface area contributed by atoms with Crippen LogP contribution in [0.3, 0.4) is 0 Å². The quantitative estimate of drug-likeness (QED) is 0.385. The van der Waals surface area contributed by atoms with Crippen molar-refractivity contribution in [1.29, 1.82) is 0 Å². The first-order valence-electron chi connectivity index (χ1n) is 6.65. The van der Waals surface area contributed by atoms with Gasteiger partial charge in [-0.2, -0.15) is 16.6 Å². The van der Waals surface area contributed by atoms with Crippen molar-refractivity contribution < 1.29 is 18.3 Å². The molecule has 0 unspecified atom stereocenters. The number of aromatic amines is 1. The van der Waals surface area contributed by atoms with Gasteiger partial charge in [-0.05, 0) is 29.5 Å². The maximum Gasteiger partial charge on any atom is 0.244 e. The van der Waals surface area contributed by atoms with Crippen molar-refractivity contribution in [3.8, 4) is 0 Å². The fourth-order valence-electron chi connectivity index (χ4n) is 1.95. The molecule has 11 heteroatoms. The molecule has 2 aromatic heterocycles. The van der Waals surface area contributed by atoms with Gasteiger partial charge in [-0.3, -0.25) is 4.79 Å². The van der Waals surface area contributed by atoms with Gasteiger partial charge < -0.3 is 5.11 Å². The van der Waals surface area contributed by atoms with Crippen LogP contribution < -0.4 is 0 Å². The molecule has 0 aliphatic rings. The molecule has 0 atom stereocenters. The van der Waals surface area contributed by atoms with Crippen LogP contribution >= 0.6 is 22.9 Å². The molecule has 0 saturated carbocycles. The normalized spacial score (nSPS) is 12.3. The van der Waals surface area contributed by atoms with Crippen molar-refractivity contribution >= 4 is 44.3 Å². The molecule has 2 N–H and O–H groups in total. The van der Waals surface area contributed by atoms with Gasteiger partial charge in [-0.1, -0.05) is 11.6 Å². The van der Waals surface area contributed by atoms with Gasteiger partial charge in [-0.25, -0.2) is 8.42 Å². The van der Waals surface area contributed by atoms with Crippen molar-refractivity contribution in [3.05, 3.63) is 57.5 Å². The second kappa shape index (κ2) is 6.75. The summed E-state index contributed by atoms with van der Waals surface area (Å²) in [6.07, 6.45) is 0.841. The van der Waals surface area contributed by atoms with Crippen LogP contribution in [-0.4, -0.2) is 39.9 Å². The number of carbonyl (C=O) groups excluding carboxylic acids is 1. The summed E-state index contributed by atoms with van der Waals surface area (Å²) in [6, 6.07) is 5.64. The molecule has 0 amide bonds. The SMILES string of the molecule is O=C(C=C(O)c1cscc1S(=O)(=O)c1ccc(Cl)cc1)c1nn[nH]n1. The number of rotatable bonds is 5. The number of carbonyl (C=O) groups is 1. The maximum atomic E-state index is 12.7. The zero-order valence-electron chi connectivity index (χ0n) is 12.2. The molecule has 0 bridgehead atoms. The van der Waals surface area contributed by atoms with E-state index in [0.717, 1.165) is 17.4 Å². The molecule has 0 aliphatic carbocycles. The van der Waals surface area contributed by atoms with Crippen LogP contribution in [-0.2, 0) is 9.84 Å². The molecule has 8 nitrogen and oxygen atoms in total. The number of nitrogens with zero attached hydrogens (tertiary/aromatic N) is 3. The Hall–Kier alpha value is -2.56. The van der Waals surface area contributed by atoms with Gasteiger partial charge in [0, 0.05) is 27.4 Å².